The number of aliphatic hydroxyl groups is 1. The molecule has 1 amide bonds. The lowest BCUT2D eigenvalue weighted by molar-refractivity contribution is 0.0707. The Kier molecular flexibility index (Phi) is 5.63. The van der Waals surface area contributed by atoms with E-state index in [2.05, 4.69) is 10.1 Å². The first kappa shape index (κ1) is 18.8. The first-order valence-corrected chi connectivity index (χ1v) is 9.54. The van der Waals surface area contributed by atoms with Gasteiger partial charge in [0.15, 0.2) is 5.65 Å². The molecule has 4 aromatic rings. The summed E-state index contributed by atoms with van der Waals surface area (Å²) in [5.41, 5.74) is 3.37. The Bertz CT molecular complexity index is 1090. The zero-order valence-electron chi connectivity index (χ0n) is 16.0. The number of hydrogen-bond donors (Lipinski definition) is 1. The van der Waals surface area contributed by atoms with Gasteiger partial charge in [-0.05, 0) is 17.2 Å². The third-order valence-electron chi connectivity index (χ3n) is 4.77. The molecule has 0 saturated heterocycles. The SMILES string of the molecule is O=C(c1cnc2c(cnn2Cc2ccccc2)c1)N(CCO)Cc1ccccc1. The Labute approximate surface area is 169 Å². The molecule has 2 aromatic carbocycles. The maximum Gasteiger partial charge on any atom is 0.255 e. The summed E-state index contributed by atoms with van der Waals surface area (Å²) in [6.45, 7) is 1.23. The van der Waals surface area contributed by atoms with E-state index in [0.717, 1.165) is 22.2 Å². The van der Waals surface area contributed by atoms with E-state index in [-0.39, 0.29) is 19.1 Å². The normalized spacial score (nSPS) is 10.9. The maximum absolute atomic E-state index is 13.0. The lowest BCUT2D eigenvalue weighted by Crippen LogP contribution is -2.33. The second-order valence-corrected chi connectivity index (χ2v) is 6.86. The van der Waals surface area contributed by atoms with E-state index in [1.54, 1.807) is 17.3 Å². The summed E-state index contributed by atoms with van der Waals surface area (Å²) < 4.78 is 1.83. The molecule has 0 fully saturated rings. The standard InChI is InChI=1S/C23H22N4O2/c28-12-11-26(16-18-7-3-1-4-8-18)23(29)21-13-20-15-25-27(22(20)24-14-21)17-19-9-5-2-6-10-19/h1-10,13-15,28H,11-12,16-17H2. The van der Waals surface area contributed by atoms with Gasteiger partial charge in [-0.3, -0.25) is 4.79 Å². The van der Waals surface area contributed by atoms with Crippen LogP contribution in [0.1, 0.15) is 21.5 Å². The number of carbonyl (C=O) groups is 1. The largest absolute Gasteiger partial charge is 0.395 e. The van der Waals surface area contributed by atoms with E-state index < -0.39 is 0 Å². The second kappa shape index (κ2) is 8.67. The van der Waals surface area contributed by atoms with E-state index in [1.165, 1.54) is 0 Å². The van der Waals surface area contributed by atoms with Crippen LogP contribution < -0.4 is 0 Å². The highest BCUT2D eigenvalue weighted by atomic mass is 16.3. The minimum atomic E-state index is -0.159. The van der Waals surface area contributed by atoms with Crippen LogP contribution in [0.5, 0.6) is 0 Å². The zero-order chi connectivity index (χ0) is 20.1. The van der Waals surface area contributed by atoms with Gasteiger partial charge in [0.05, 0.1) is 24.9 Å². The number of aromatic nitrogens is 3. The first-order chi connectivity index (χ1) is 14.2. The fraction of sp³-hybridized carbons (Fsp3) is 0.174. The molecule has 2 aromatic heterocycles. The topological polar surface area (TPSA) is 71.2 Å². The molecule has 4 rings (SSSR count). The molecule has 0 unspecified atom stereocenters. The number of amides is 1. The Balaban J connectivity index is 1.57. The second-order valence-electron chi connectivity index (χ2n) is 6.86. The van der Waals surface area contributed by atoms with Crippen molar-refractivity contribution in [2.75, 3.05) is 13.2 Å². The molecular formula is C23H22N4O2. The Hall–Kier alpha value is -3.51. The van der Waals surface area contributed by atoms with E-state index in [0.29, 0.717) is 18.7 Å². The smallest absolute Gasteiger partial charge is 0.255 e. The molecule has 0 aliphatic rings. The van der Waals surface area contributed by atoms with Crippen LogP contribution in [0.4, 0.5) is 0 Å². The highest BCUT2D eigenvalue weighted by Crippen LogP contribution is 2.17. The van der Waals surface area contributed by atoms with Crippen molar-refractivity contribution in [1.29, 1.82) is 0 Å². The summed E-state index contributed by atoms with van der Waals surface area (Å²) in [6.07, 6.45) is 3.32. The van der Waals surface area contributed by atoms with Gasteiger partial charge in [-0.2, -0.15) is 5.10 Å². The third kappa shape index (κ3) is 4.33. The number of benzene rings is 2. The molecule has 2 heterocycles. The average Bonchev–Trinajstić information content (AvgIpc) is 3.16. The van der Waals surface area contributed by atoms with E-state index >= 15 is 0 Å². The number of fused-ring (bicyclic) bond motifs is 1. The van der Waals surface area contributed by atoms with Crippen molar-refractivity contribution in [2.24, 2.45) is 0 Å². The van der Waals surface area contributed by atoms with Gasteiger partial charge in [-0.25, -0.2) is 9.67 Å². The minimum Gasteiger partial charge on any atom is -0.395 e. The summed E-state index contributed by atoms with van der Waals surface area (Å²) >= 11 is 0. The molecule has 0 spiro atoms. The van der Waals surface area contributed by atoms with Gasteiger partial charge in [0.1, 0.15) is 0 Å². The quantitative estimate of drug-likeness (QED) is 0.530. The summed E-state index contributed by atoms with van der Waals surface area (Å²) in [4.78, 5) is 19.2. The van der Waals surface area contributed by atoms with Crippen LogP contribution in [0.3, 0.4) is 0 Å². The number of pyridine rings is 1. The zero-order valence-corrected chi connectivity index (χ0v) is 16.0. The molecule has 0 saturated carbocycles. The Morgan fingerprint density at radius 3 is 2.34 bits per heavy atom. The van der Waals surface area contributed by atoms with Crippen LogP contribution in [0.15, 0.2) is 79.1 Å². The summed E-state index contributed by atoms with van der Waals surface area (Å²) in [5, 5.41) is 14.6. The van der Waals surface area contributed by atoms with Crippen LogP contribution in [-0.2, 0) is 13.1 Å². The van der Waals surface area contributed by atoms with Crippen molar-refractivity contribution < 1.29 is 9.90 Å². The number of rotatable bonds is 7. The monoisotopic (exact) mass is 386 g/mol. The van der Waals surface area contributed by atoms with Crippen LogP contribution in [-0.4, -0.2) is 43.8 Å². The van der Waals surface area contributed by atoms with Gasteiger partial charge in [0.25, 0.3) is 5.91 Å². The van der Waals surface area contributed by atoms with E-state index in [9.17, 15) is 9.90 Å². The van der Waals surface area contributed by atoms with Crippen LogP contribution in [0.2, 0.25) is 0 Å². The predicted octanol–water partition coefficient (Wildman–Crippen LogP) is 3.11. The summed E-state index contributed by atoms with van der Waals surface area (Å²) in [6, 6.07) is 21.6. The average molecular weight is 386 g/mol. The first-order valence-electron chi connectivity index (χ1n) is 9.54. The van der Waals surface area contributed by atoms with Gasteiger partial charge in [0.2, 0.25) is 0 Å². The molecule has 29 heavy (non-hydrogen) atoms. The molecule has 0 radical (unpaired) electrons. The van der Waals surface area contributed by atoms with E-state index in [4.69, 9.17) is 0 Å². The summed E-state index contributed by atoms with van der Waals surface area (Å²) in [5.74, 6) is -0.159. The van der Waals surface area contributed by atoms with Crippen molar-refractivity contribution in [1.82, 2.24) is 19.7 Å². The van der Waals surface area contributed by atoms with Crippen LogP contribution in [0.25, 0.3) is 11.0 Å². The lowest BCUT2D eigenvalue weighted by atomic mass is 10.1. The molecule has 0 aliphatic carbocycles. The summed E-state index contributed by atoms with van der Waals surface area (Å²) in [7, 11) is 0. The molecular weight excluding hydrogens is 364 g/mol. The maximum atomic E-state index is 13.0. The molecule has 6 nitrogen and oxygen atoms in total. The number of aliphatic hydroxyl groups excluding tert-OH is 1. The molecule has 1 N–H and O–H groups in total. The number of hydrogen-bond acceptors (Lipinski definition) is 4. The Morgan fingerprint density at radius 1 is 0.966 bits per heavy atom. The van der Waals surface area contributed by atoms with Crippen molar-refractivity contribution in [3.63, 3.8) is 0 Å². The molecule has 0 bridgehead atoms. The molecule has 146 valence electrons. The van der Waals surface area contributed by atoms with Gasteiger partial charge in [0, 0.05) is 24.7 Å². The van der Waals surface area contributed by atoms with Crippen molar-refractivity contribution >= 4 is 16.9 Å². The molecule has 0 atom stereocenters. The fourth-order valence-corrected chi connectivity index (χ4v) is 3.32. The highest BCUT2D eigenvalue weighted by Gasteiger charge is 2.17. The van der Waals surface area contributed by atoms with Crippen molar-refractivity contribution in [2.45, 2.75) is 13.1 Å². The van der Waals surface area contributed by atoms with Gasteiger partial charge in [-0.15, -0.1) is 0 Å². The van der Waals surface area contributed by atoms with E-state index in [1.807, 2.05) is 71.4 Å². The fourth-order valence-electron chi connectivity index (χ4n) is 3.32. The molecule has 0 aliphatic heterocycles. The third-order valence-corrected chi connectivity index (χ3v) is 4.77. The van der Waals surface area contributed by atoms with Gasteiger partial charge in [-0.1, -0.05) is 60.7 Å². The van der Waals surface area contributed by atoms with Crippen molar-refractivity contribution in [3.8, 4) is 0 Å². The lowest BCUT2D eigenvalue weighted by Gasteiger charge is -2.22. The number of nitrogens with zero attached hydrogens (tertiary/aromatic N) is 4. The highest BCUT2D eigenvalue weighted by molar-refractivity contribution is 5.96. The Morgan fingerprint density at radius 2 is 1.66 bits per heavy atom. The van der Waals surface area contributed by atoms with Crippen LogP contribution >= 0.6 is 0 Å². The van der Waals surface area contributed by atoms with Crippen LogP contribution in [0, 0.1) is 0 Å². The van der Waals surface area contributed by atoms with Crippen molar-refractivity contribution in [3.05, 3.63) is 95.8 Å². The minimum absolute atomic E-state index is 0.0940. The number of carbonyl (C=O) groups excluding carboxylic acids is 1. The molecule has 6 heteroatoms. The van der Waals surface area contributed by atoms with Gasteiger partial charge >= 0.3 is 0 Å². The predicted molar refractivity (Wildman–Crippen MR) is 111 cm³/mol. The van der Waals surface area contributed by atoms with Gasteiger partial charge < -0.3 is 10.0 Å².